The standard InChI is InChI=1S/C20H17ClN2O4S/c1-3-27-18(25)11-23-16-9-8-15(21)10-17(16)28-20(23)22-19(26)14-6-4-13(5-7-14)12(2)24/h4-10H,3,11H2,1-2H3. The molecule has 0 saturated carbocycles. The molecule has 0 aliphatic heterocycles. The fourth-order valence-electron chi connectivity index (χ4n) is 2.62. The number of amides is 1. The van der Waals surface area contributed by atoms with Gasteiger partial charge in [-0.1, -0.05) is 35.1 Å². The van der Waals surface area contributed by atoms with Crippen LogP contribution >= 0.6 is 22.9 Å². The molecular weight excluding hydrogens is 400 g/mol. The van der Waals surface area contributed by atoms with Gasteiger partial charge in [0.1, 0.15) is 6.54 Å². The van der Waals surface area contributed by atoms with Crippen molar-refractivity contribution in [2.75, 3.05) is 6.61 Å². The van der Waals surface area contributed by atoms with Crippen molar-refractivity contribution in [2.24, 2.45) is 4.99 Å². The first-order chi connectivity index (χ1) is 13.4. The average Bonchev–Trinajstić information content (AvgIpc) is 2.98. The van der Waals surface area contributed by atoms with Crippen LogP contribution in [-0.2, 0) is 16.1 Å². The lowest BCUT2D eigenvalue weighted by Crippen LogP contribution is -2.23. The number of thiazole rings is 1. The van der Waals surface area contributed by atoms with E-state index in [1.54, 1.807) is 54.0 Å². The van der Waals surface area contributed by atoms with Crippen LogP contribution in [0.3, 0.4) is 0 Å². The summed E-state index contributed by atoms with van der Waals surface area (Å²) in [6.45, 7) is 3.39. The van der Waals surface area contributed by atoms with Crippen LogP contribution in [0.5, 0.6) is 0 Å². The Labute approximate surface area is 170 Å². The van der Waals surface area contributed by atoms with Gasteiger partial charge in [0, 0.05) is 16.1 Å². The number of carbonyl (C=O) groups excluding carboxylic acids is 3. The molecule has 8 heteroatoms. The SMILES string of the molecule is CCOC(=O)Cn1c(=NC(=O)c2ccc(C(C)=O)cc2)sc2cc(Cl)ccc21. The molecule has 1 heterocycles. The zero-order valence-corrected chi connectivity index (χ0v) is 16.8. The fourth-order valence-corrected chi connectivity index (χ4v) is 3.92. The first-order valence-corrected chi connectivity index (χ1v) is 9.73. The van der Waals surface area contributed by atoms with Gasteiger partial charge in [-0.25, -0.2) is 0 Å². The van der Waals surface area contributed by atoms with Crippen LogP contribution < -0.4 is 4.80 Å². The summed E-state index contributed by atoms with van der Waals surface area (Å²) in [6.07, 6.45) is 0. The number of carbonyl (C=O) groups is 3. The molecule has 6 nitrogen and oxygen atoms in total. The van der Waals surface area contributed by atoms with E-state index in [-0.39, 0.29) is 18.9 Å². The molecule has 0 unspecified atom stereocenters. The van der Waals surface area contributed by atoms with Gasteiger partial charge in [-0.2, -0.15) is 4.99 Å². The molecule has 3 aromatic rings. The van der Waals surface area contributed by atoms with Crippen molar-refractivity contribution in [3.05, 3.63) is 63.4 Å². The molecule has 0 spiro atoms. The lowest BCUT2D eigenvalue weighted by molar-refractivity contribution is -0.143. The molecule has 3 rings (SSSR count). The maximum absolute atomic E-state index is 12.6. The Balaban J connectivity index is 2.05. The third-order valence-corrected chi connectivity index (χ3v) is 5.25. The predicted molar refractivity (Wildman–Crippen MR) is 108 cm³/mol. The Morgan fingerprint density at radius 1 is 1.11 bits per heavy atom. The zero-order valence-electron chi connectivity index (χ0n) is 15.3. The third kappa shape index (κ3) is 4.37. The van der Waals surface area contributed by atoms with Crippen LogP contribution in [0.25, 0.3) is 10.2 Å². The number of hydrogen-bond donors (Lipinski definition) is 0. The van der Waals surface area contributed by atoms with Crippen molar-refractivity contribution in [3.63, 3.8) is 0 Å². The van der Waals surface area contributed by atoms with E-state index in [0.29, 0.717) is 21.0 Å². The molecule has 1 amide bonds. The summed E-state index contributed by atoms with van der Waals surface area (Å²) in [6, 6.07) is 11.5. The number of halogens is 1. The summed E-state index contributed by atoms with van der Waals surface area (Å²) in [5, 5.41) is 0.551. The number of nitrogens with zero attached hydrogens (tertiary/aromatic N) is 2. The highest BCUT2D eigenvalue weighted by molar-refractivity contribution is 7.16. The van der Waals surface area contributed by atoms with Gasteiger partial charge < -0.3 is 9.30 Å². The first-order valence-electron chi connectivity index (χ1n) is 8.53. The minimum atomic E-state index is -0.467. The van der Waals surface area contributed by atoms with E-state index in [4.69, 9.17) is 16.3 Å². The van der Waals surface area contributed by atoms with Crippen molar-refractivity contribution in [1.82, 2.24) is 4.57 Å². The normalized spacial score (nSPS) is 11.6. The largest absolute Gasteiger partial charge is 0.465 e. The second kappa shape index (κ2) is 8.50. The maximum Gasteiger partial charge on any atom is 0.326 e. The van der Waals surface area contributed by atoms with Crippen LogP contribution in [0.4, 0.5) is 0 Å². The zero-order chi connectivity index (χ0) is 20.3. The Morgan fingerprint density at radius 2 is 1.79 bits per heavy atom. The number of ether oxygens (including phenoxy) is 1. The van der Waals surface area contributed by atoms with Gasteiger partial charge in [0.15, 0.2) is 10.6 Å². The van der Waals surface area contributed by atoms with Crippen molar-refractivity contribution in [2.45, 2.75) is 20.4 Å². The first kappa shape index (κ1) is 20.0. The molecule has 0 radical (unpaired) electrons. The minimum absolute atomic E-state index is 0.0646. The summed E-state index contributed by atoms with van der Waals surface area (Å²) in [5.74, 6) is -0.966. The number of benzene rings is 2. The molecule has 2 aromatic carbocycles. The number of aromatic nitrogens is 1. The predicted octanol–water partition coefficient (Wildman–Crippen LogP) is 3.86. The molecule has 0 bridgehead atoms. The smallest absolute Gasteiger partial charge is 0.326 e. The Kier molecular flexibility index (Phi) is 6.06. The number of esters is 1. The molecule has 0 aliphatic rings. The summed E-state index contributed by atoms with van der Waals surface area (Å²) < 4.78 is 7.46. The van der Waals surface area contributed by atoms with Crippen molar-refractivity contribution in [1.29, 1.82) is 0 Å². The van der Waals surface area contributed by atoms with Crippen LogP contribution in [0.15, 0.2) is 47.5 Å². The van der Waals surface area contributed by atoms with E-state index in [2.05, 4.69) is 4.99 Å². The number of hydrogen-bond acceptors (Lipinski definition) is 5. The van der Waals surface area contributed by atoms with Crippen LogP contribution in [0, 0.1) is 0 Å². The maximum atomic E-state index is 12.6. The minimum Gasteiger partial charge on any atom is -0.465 e. The van der Waals surface area contributed by atoms with Crippen molar-refractivity contribution >= 4 is 50.8 Å². The lowest BCUT2D eigenvalue weighted by Gasteiger charge is -2.05. The molecule has 28 heavy (non-hydrogen) atoms. The second-order valence-electron chi connectivity index (χ2n) is 5.94. The van der Waals surface area contributed by atoms with E-state index < -0.39 is 11.9 Å². The molecule has 144 valence electrons. The highest BCUT2D eigenvalue weighted by Crippen LogP contribution is 2.22. The molecule has 0 fully saturated rings. The van der Waals surface area contributed by atoms with Gasteiger partial charge in [0.25, 0.3) is 5.91 Å². The quantitative estimate of drug-likeness (QED) is 0.467. The molecule has 0 N–H and O–H groups in total. The number of ketones is 1. The van der Waals surface area contributed by atoms with Crippen molar-refractivity contribution < 1.29 is 19.1 Å². The van der Waals surface area contributed by atoms with Gasteiger partial charge in [-0.05, 0) is 44.2 Å². The summed E-state index contributed by atoms with van der Waals surface area (Å²) in [4.78, 5) is 40.5. The lowest BCUT2D eigenvalue weighted by atomic mass is 10.1. The molecule has 0 saturated heterocycles. The molecule has 1 aromatic heterocycles. The third-order valence-electron chi connectivity index (χ3n) is 3.97. The number of fused-ring (bicyclic) bond motifs is 1. The monoisotopic (exact) mass is 416 g/mol. The van der Waals surface area contributed by atoms with E-state index >= 15 is 0 Å². The van der Waals surface area contributed by atoms with Gasteiger partial charge in [0.05, 0.1) is 16.8 Å². The molecular formula is C20H17ClN2O4S. The highest BCUT2D eigenvalue weighted by atomic mass is 35.5. The molecule has 0 aliphatic carbocycles. The average molecular weight is 417 g/mol. The van der Waals surface area contributed by atoms with Crippen LogP contribution in [0.1, 0.15) is 34.6 Å². The van der Waals surface area contributed by atoms with E-state index in [0.717, 1.165) is 10.2 Å². The van der Waals surface area contributed by atoms with Crippen molar-refractivity contribution in [3.8, 4) is 0 Å². The van der Waals surface area contributed by atoms with E-state index in [9.17, 15) is 14.4 Å². The van der Waals surface area contributed by atoms with Gasteiger partial charge in [-0.3, -0.25) is 14.4 Å². The van der Waals surface area contributed by atoms with Crippen LogP contribution in [-0.4, -0.2) is 28.8 Å². The Hall–Kier alpha value is -2.77. The molecule has 0 atom stereocenters. The van der Waals surface area contributed by atoms with Gasteiger partial charge >= 0.3 is 5.97 Å². The Morgan fingerprint density at radius 3 is 2.43 bits per heavy atom. The summed E-state index contributed by atoms with van der Waals surface area (Å²) >= 11 is 7.32. The van der Waals surface area contributed by atoms with E-state index in [1.807, 2.05) is 0 Å². The van der Waals surface area contributed by atoms with Crippen LogP contribution in [0.2, 0.25) is 5.02 Å². The number of Topliss-reactive ketones (excluding diaryl/α,β-unsaturated/α-hetero) is 1. The van der Waals surface area contributed by atoms with Gasteiger partial charge in [0.2, 0.25) is 0 Å². The topological polar surface area (TPSA) is 77.7 Å². The van der Waals surface area contributed by atoms with E-state index in [1.165, 1.54) is 18.3 Å². The second-order valence-corrected chi connectivity index (χ2v) is 7.38. The summed E-state index contributed by atoms with van der Waals surface area (Å²) in [5.41, 5.74) is 1.61. The summed E-state index contributed by atoms with van der Waals surface area (Å²) in [7, 11) is 0. The van der Waals surface area contributed by atoms with Gasteiger partial charge in [-0.15, -0.1) is 0 Å². The number of rotatable bonds is 5. The highest BCUT2D eigenvalue weighted by Gasteiger charge is 2.13. The fraction of sp³-hybridized carbons (Fsp3) is 0.200. The Bertz CT molecular complexity index is 1130.